The summed E-state index contributed by atoms with van der Waals surface area (Å²) in [6, 6.07) is 0. The van der Waals surface area contributed by atoms with Gasteiger partial charge in [-0.2, -0.15) is 4.98 Å². The fourth-order valence-electron chi connectivity index (χ4n) is 2.43. The molecule has 5 nitrogen and oxygen atoms in total. The third kappa shape index (κ3) is 1.69. The molecule has 0 bridgehead atoms. The smallest absolute Gasteiger partial charge is 0.225 e. The minimum atomic E-state index is -0.478. The maximum atomic E-state index is 6.06. The Hall–Kier alpha value is -0.910. The zero-order valence-electron chi connectivity index (χ0n) is 10.2. The Morgan fingerprint density at radius 3 is 2.72 bits per heavy atom. The Morgan fingerprint density at radius 1 is 1.28 bits per heavy atom. The Labute approximate surface area is 114 Å². The molecule has 2 aromatic rings. The van der Waals surface area contributed by atoms with E-state index < -0.39 is 5.60 Å². The van der Waals surface area contributed by atoms with E-state index >= 15 is 0 Å². The number of nitrogens with zero attached hydrogens (tertiary/aromatic N) is 4. The van der Waals surface area contributed by atoms with Crippen LogP contribution in [-0.4, -0.2) is 25.6 Å². The van der Waals surface area contributed by atoms with Crippen molar-refractivity contribution >= 4 is 34.4 Å². The second-order valence-corrected chi connectivity index (χ2v) is 5.64. The van der Waals surface area contributed by atoms with Crippen molar-refractivity contribution in [1.29, 1.82) is 0 Å². The Bertz CT molecular complexity index is 637. The van der Waals surface area contributed by atoms with Crippen molar-refractivity contribution in [2.45, 2.75) is 39.0 Å². The van der Waals surface area contributed by atoms with Crippen molar-refractivity contribution in [3.63, 3.8) is 0 Å². The zero-order chi connectivity index (χ0) is 13.1. The molecule has 96 valence electrons. The molecule has 0 N–H and O–H groups in total. The monoisotopic (exact) mass is 286 g/mol. The number of halogens is 2. The summed E-state index contributed by atoms with van der Waals surface area (Å²) in [6.07, 6.45) is 0.0809. The first-order chi connectivity index (χ1) is 8.38. The molecule has 1 atom stereocenters. The molecule has 0 aromatic carbocycles. The molecule has 3 rings (SSSR count). The summed E-state index contributed by atoms with van der Waals surface area (Å²) in [5, 5.41) is 0.405. The van der Waals surface area contributed by atoms with Gasteiger partial charge in [0.2, 0.25) is 5.28 Å². The average molecular weight is 287 g/mol. The lowest BCUT2D eigenvalue weighted by molar-refractivity contribution is -0.100. The number of fused-ring (bicyclic) bond motifs is 3. The summed E-state index contributed by atoms with van der Waals surface area (Å²) in [7, 11) is 0. The van der Waals surface area contributed by atoms with Gasteiger partial charge < -0.3 is 9.30 Å². The lowest BCUT2D eigenvalue weighted by atomic mass is 10.1. The topological polar surface area (TPSA) is 52.8 Å². The van der Waals surface area contributed by atoms with E-state index in [4.69, 9.17) is 27.9 Å². The highest BCUT2D eigenvalue weighted by Gasteiger charge is 2.36. The molecule has 0 saturated carbocycles. The van der Waals surface area contributed by atoms with Crippen molar-refractivity contribution in [3.8, 4) is 0 Å². The maximum absolute atomic E-state index is 6.06. The summed E-state index contributed by atoms with van der Waals surface area (Å²) in [5.41, 5.74) is 0.758. The van der Waals surface area contributed by atoms with Crippen molar-refractivity contribution in [2.24, 2.45) is 0 Å². The van der Waals surface area contributed by atoms with Gasteiger partial charge in [0.15, 0.2) is 10.8 Å². The van der Waals surface area contributed by atoms with Crippen LogP contribution >= 0.6 is 23.2 Å². The normalized spacial score (nSPS) is 22.2. The highest BCUT2D eigenvalue weighted by Crippen LogP contribution is 2.34. The standard InChI is InChI=1S/C11H12Cl2N4O/c1-5-4-17-8-6(7(12)15-10(13)16-8)14-9(17)11(2,3)18-5/h5H,4H2,1-3H3/t5-/m1/s1. The van der Waals surface area contributed by atoms with Crippen LogP contribution in [0, 0.1) is 0 Å². The lowest BCUT2D eigenvalue weighted by Gasteiger charge is -2.34. The molecular formula is C11H12Cl2N4O. The van der Waals surface area contributed by atoms with E-state index in [2.05, 4.69) is 15.0 Å². The van der Waals surface area contributed by atoms with Gasteiger partial charge in [0.25, 0.3) is 0 Å². The van der Waals surface area contributed by atoms with E-state index in [1.54, 1.807) is 0 Å². The van der Waals surface area contributed by atoms with Crippen molar-refractivity contribution in [3.05, 3.63) is 16.3 Å². The molecule has 0 radical (unpaired) electrons. The molecule has 0 saturated heterocycles. The average Bonchev–Trinajstić information content (AvgIpc) is 2.57. The molecule has 2 aromatic heterocycles. The summed E-state index contributed by atoms with van der Waals surface area (Å²) < 4.78 is 7.90. The summed E-state index contributed by atoms with van der Waals surface area (Å²) in [6.45, 7) is 6.65. The second kappa shape index (κ2) is 3.79. The summed E-state index contributed by atoms with van der Waals surface area (Å²) in [4.78, 5) is 12.6. The SMILES string of the molecule is C[C@@H]1Cn2c(nc3c(Cl)nc(Cl)nc32)C(C)(C)O1. The lowest BCUT2D eigenvalue weighted by Crippen LogP contribution is -2.38. The van der Waals surface area contributed by atoms with Gasteiger partial charge in [0.1, 0.15) is 16.9 Å². The highest BCUT2D eigenvalue weighted by atomic mass is 35.5. The first kappa shape index (κ1) is 12.1. The minimum absolute atomic E-state index is 0.0809. The number of ether oxygens (including phenoxy) is 1. The first-order valence-corrected chi connectivity index (χ1v) is 6.41. The van der Waals surface area contributed by atoms with E-state index in [0.29, 0.717) is 17.7 Å². The van der Waals surface area contributed by atoms with E-state index in [9.17, 15) is 0 Å². The van der Waals surface area contributed by atoms with Crippen LogP contribution in [0.15, 0.2) is 0 Å². The fraction of sp³-hybridized carbons (Fsp3) is 0.545. The van der Waals surface area contributed by atoms with E-state index in [-0.39, 0.29) is 16.5 Å². The maximum Gasteiger partial charge on any atom is 0.225 e. The van der Waals surface area contributed by atoms with Gasteiger partial charge in [0.05, 0.1) is 12.6 Å². The fourth-order valence-corrected chi connectivity index (χ4v) is 2.84. The largest absolute Gasteiger partial charge is 0.363 e. The number of rotatable bonds is 0. The van der Waals surface area contributed by atoms with Gasteiger partial charge in [-0.05, 0) is 32.4 Å². The molecule has 18 heavy (non-hydrogen) atoms. The Kier molecular flexibility index (Phi) is 2.56. The molecule has 1 aliphatic heterocycles. The molecule has 3 heterocycles. The first-order valence-electron chi connectivity index (χ1n) is 5.66. The Balaban J connectivity index is 2.36. The van der Waals surface area contributed by atoms with Crippen LogP contribution in [0.25, 0.3) is 11.2 Å². The predicted octanol–water partition coefficient (Wildman–Crippen LogP) is 2.79. The van der Waals surface area contributed by atoms with E-state index in [1.807, 2.05) is 25.3 Å². The Morgan fingerprint density at radius 2 is 2.00 bits per heavy atom. The highest BCUT2D eigenvalue weighted by molar-refractivity contribution is 6.35. The third-order valence-electron chi connectivity index (χ3n) is 3.00. The van der Waals surface area contributed by atoms with Crippen LogP contribution < -0.4 is 0 Å². The van der Waals surface area contributed by atoms with Crippen LogP contribution in [0.5, 0.6) is 0 Å². The van der Waals surface area contributed by atoms with Gasteiger partial charge in [-0.1, -0.05) is 11.6 Å². The number of hydrogen-bond acceptors (Lipinski definition) is 4. The quantitative estimate of drug-likeness (QED) is 0.552. The molecule has 0 spiro atoms. The number of hydrogen-bond donors (Lipinski definition) is 0. The molecule has 1 aliphatic rings. The van der Waals surface area contributed by atoms with Crippen LogP contribution in [0.1, 0.15) is 26.6 Å². The summed E-state index contributed by atoms with van der Waals surface area (Å²) in [5.74, 6) is 0.800. The van der Waals surface area contributed by atoms with Gasteiger partial charge in [-0.3, -0.25) is 0 Å². The van der Waals surface area contributed by atoms with Crippen LogP contribution in [0.3, 0.4) is 0 Å². The molecular weight excluding hydrogens is 275 g/mol. The van der Waals surface area contributed by atoms with Gasteiger partial charge in [-0.15, -0.1) is 0 Å². The molecule has 0 fully saturated rings. The van der Waals surface area contributed by atoms with Crippen molar-refractivity contribution in [2.75, 3.05) is 0 Å². The van der Waals surface area contributed by atoms with E-state index in [0.717, 1.165) is 5.82 Å². The number of imidazole rings is 1. The van der Waals surface area contributed by atoms with Gasteiger partial charge >= 0.3 is 0 Å². The molecule has 0 unspecified atom stereocenters. The van der Waals surface area contributed by atoms with Crippen LogP contribution in [0.4, 0.5) is 0 Å². The summed E-state index contributed by atoms with van der Waals surface area (Å²) >= 11 is 11.9. The van der Waals surface area contributed by atoms with Gasteiger partial charge in [-0.25, -0.2) is 9.97 Å². The van der Waals surface area contributed by atoms with E-state index in [1.165, 1.54) is 0 Å². The molecule has 0 aliphatic carbocycles. The minimum Gasteiger partial charge on any atom is -0.363 e. The zero-order valence-corrected chi connectivity index (χ0v) is 11.7. The molecule has 0 amide bonds. The van der Waals surface area contributed by atoms with Crippen LogP contribution in [0.2, 0.25) is 10.4 Å². The predicted molar refractivity (Wildman–Crippen MR) is 68.9 cm³/mol. The molecule has 7 heteroatoms. The number of aromatic nitrogens is 4. The van der Waals surface area contributed by atoms with Crippen LogP contribution in [-0.2, 0) is 16.9 Å². The third-order valence-corrected chi connectivity index (χ3v) is 3.43. The van der Waals surface area contributed by atoms with Crippen molar-refractivity contribution < 1.29 is 4.74 Å². The second-order valence-electron chi connectivity index (χ2n) is 4.94. The van der Waals surface area contributed by atoms with Gasteiger partial charge in [0, 0.05) is 0 Å². The van der Waals surface area contributed by atoms with Crippen molar-refractivity contribution in [1.82, 2.24) is 19.5 Å².